The Balaban J connectivity index is 2.59. The zero-order valence-corrected chi connectivity index (χ0v) is 14.0. The van der Waals surface area contributed by atoms with Crippen molar-refractivity contribution in [2.45, 2.75) is 43.9 Å². The van der Waals surface area contributed by atoms with Crippen molar-refractivity contribution in [1.29, 1.82) is 0 Å². The third kappa shape index (κ3) is 5.71. The summed E-state index contributed by atoms with van der Waals surface area (Å²) in [6.07, 6.45) is 1.59. The third-order valence-electron chi connectivity index (χ3n) is 2.94. The molecule has 0 fully saturated rings. The molecule has 0 aromatic heterocycles. The number of benzene rings is 1. The maximum atomic E-state index is 11.9. The summed E-state index contributed by atoms with van der Waals surface area (Å²) in [7, 11) is -3.13. The molecule has 1 aromatic rings. The largest absolute Gasteiger partial charge is 0.384 e. The van der Waals surface area contributed by atoms with E-state index in [4.69, 9.17) is 11.6 Å². The van der Waals surface area contributed by atoms with Crippen molar-refractivity contribution in [2.24, 2.45) is 5.92 Å². The number of rotatable bonds is 8. The Morgan fingerprint density at radius 2 is 1.80 bits per heavy atom. The molecule has 0 saturated carbocycles. The molecule has 5 heteroatoms. The lowest BCUT2D eigenvalue weighted by atomic mass is 10.1. The molecule has 0 radical (unpaired) electrons. The first kappa shape index (κ1) is 17.3. The van der Waals surface area contributed by atoms with Crippen LogP contribution in [-0.2, 0) is 9.84 Å². The van der Waals surface area contributed by atoms with Crippen LogP contribution >= 0.6 is 11.6 Å². The van der Waals surface area contributed by atoms with Crippen LogP contribution < -0.4 is 5.32 Å². The summed E-state index contributed by atoms with van der Waals surface area (Å²) in [6.45, 7) is 6.83. The van der Waals surface area contributed by atoms with Crippen LogP contribution in [0.5, 0.6) is 0 Å². The van der Waals surface area contributed by atoms with E-state index in [0.717, 1.165) is 12.1 Å². The molecule has 114 valence electrons. The maximum absolute atomic E-state index is 11.9. The average Bonchev–Trinajstić information content (AvgIpc) is 2.36. The van der Waals surface area contributed by atoms with Gasteiger partial charge in [-0.3, -0.25) is 0 Å². The smallest absolute Gasteiger partial charge is 0.178 e. The van der Waals surface area contributed by atoms with Crippen LogP contribution in [0.1, 0.15) is 33.6 Å². The molecule has 1 N–H and O–H groups in total. The van der Waals surface area contributed by atoms with E-state index in [1.54, 1.807) is 24.3 Å². The highest BCUT2D eigenvalue weighted by molar-refractivity contribution is 7.91. The summed E-state index contributed by atoms with van der Waals surface area (Å²) in [6, 6.07) is 6.89. The number of anilines is 1. The molecule has 1 atom stereocenters. The highest BCUT2D eigenvalue weighted by Gasteiger charge is 2.12. The molecule has 0 saturated heterocycles. The van der Waals surface area contributed by atoms with E-state index in [1.165, 1.54) is 0 Å². The highest BCUT2D eigenvalue weighted by Crippen LogP contribution is 2.17. The van der Waals surface area contributed by atoms with Gasteiger partial charge in [0.1, 0.15) is 0 Å². The van der Waals surface area contributed by atoms with Crippen molar-refractivity contribution in [3.8, 4) is 0 Å². The Hall–Kier alpha value is -0.740. The third-order valence-corrected chi connectivity index (χ3v) is 5.21. The van der Waals surface area contributed by atoms with Crippen LogP contribution in [0.4, 0.5) is 5.69 Å². The molecular formula is C15H24ClNO2S. The van der Waals surface area contributed by atoms with Crippen molar-refractivity contribution in [1.82, 2.24) is 0 Å². The second-order valence-corrected chi connectivity index (χ2v) is 8.18. The van der Waals surface area contributed by atoms with Crippen molar-refractivity contribution in [3.05, 3.63) is 24.3 Å². The number of nitrogens with one attached hydrogen (secondary N) is 1. The van der Waals surface area contributed by atoms with Gasteiger partial charge in [-0.25, -0.2) is 8.42 Å². The highest BCUT2D eigenvalue weighted by atomic mass is 35.5. The summed E-state index contributed by atoms with van der Waals surface area (Å²) in [5.74, 6) is 0.763. The summed E-state index contributed by atoms with van der Waals surface area (Å²) in [5, 5.41) is 3.32. The quantitative estimate of drug-likeness (QED) is 0.739. The molecule has 0 amide bonds. The van der Waals surface area contributed by atoms with Crippen LogP contribution in [0.3, 0.4) is 0 Å². The molecule has 3 nitrogen and oxygen atoms in total. The Morgan fingerprint density at radius 1 is 1.20 bits per heavy atom. The summed E-state index contributed by atoms with van der Waals surface area (Å²) in [4.78, 5) is 0.384. The molecule has 0 bridgehead atoms. The minimum Gasteiger partial charge on any atom is -0.384 e. The number of hydrogen-bond acceptors (Lipinski definition) is 3. The van der Waals surface area contributed by atoms with E-state index in [1.807, 2.05) is 6.92 Å². The van der Waals surface area contributed by atoms with Gasteiger partial charge in [0.2, 0.25) is 0 Å². The van der Waals surface area contributed by atoms with Crippen molar-refractivity contribution in [3.63, 3.8) is 0 Å². The van der Waals surface area contributed by atoms with Gasteiger partial charge in [0.05, 0.1) is 16.0 Å². The Kier molecular flexibility index (Phi) is 6.83. The molecule has 0 aliphatic carbocycles. The fourth-order valence-electron chi connectivity index (χ4n) is 1.99. The van der Waals surface area contributed by atoms with Crippen LogP contribution in [0.15, 0.2) is 29.2 Å². The second kappa shape index (κ2) is 7.89. The second-order valence-electron chi connectivity index (χ2n) is 5.45. The fraction of sp³-hybridized carbons (Fsp3) is 0.600. The SMILES string of the molecule is CCCS(=O)(=O)c1ccc(NCC(Cl)CC(C)C)cc1. The van der Waals surface area contributed by atoms with Crippen LogP contribution in [0.25, 0.3) is 0 Å². The van der Waals surface area contributed by atoms with Crippen molar-refractivity contribution in [2.75, 3.05) is 17.6 Å². The Morgan fingerprint density at radius 3 is 2.30 bits per heavy atom. The zero-order chi connectivity index (χ0) is 15.2. The monoisotopic (exact) mass is 317 g/mol. The normalized spacial score (nSPS) is 13.4. The first-order chi connectivity index (χ1) is 9.35. The Labute approximate surface area is 127 Å². The molecular weight excluding hydrogens is 294 g/mol. The molecule has 0 aliphatic rings. The van der Waals surface area contributed by atoms with Crippen molar-refractivity contribution >= 4 is 27.1 Å². The molecule has 0 aliphatic heterocycles. The number of hydrogen-bond donors (Lipinski definition) is 1. The minimum atomic E-state index is -3.13. The first-order valence-corrected chi connectivity index (χ1v) is 9.14. The molecule has 1 rings (SSSR count). The van der Waals surface area contributed by atoms with Crippen LogP contribution in [0, 0.1) is 5.92 Å². The lowest BCUT2D eigenvalue weighted by Crippen LogP contribution is -2.16. The average molecular weight is 318 g/mol. The summed E-state index contributed by atoms with van der Waals surface area (Å²) >= 11 is 6.21. The van der Waals surface area contributed by atoms with E-state index in [9.17, 15) is 8.42 Å². The zero-order valence-electron chi connectivity index (χ0n) is 12.4. The number of halogens is 1. The summed E-state index contributed by atoms with van der Waals surface area (Å²) in [5.41, 5.74) is 0.898. The fourth-order valence-corrected chi connectivity index (χ4v) is 3.75. The van der Waals surface area contributed by atoms with Crippen LogP contribution in [-0.4, -0.2) is 26.1 Å². The van der Waals surface area contributed by atoms with Gasteiger partial charge in [0.15, 0.2) is 9.84 Å². The van der Waals surface area contributed by atoms with Gasteiger partial charge in [-0.2, -0.15) is 0 Å². The van der Waals surface area contributed by atoms with Gasteiger partial charge in [-0.15, -0.1) is 11.6 Å². The Bertz CT molecular complexity index is 497. The topological polar surface area (TPSA) is 46.2 Å². The lowest BCUT2D eigenvalue weighted by molar-refractivity contribution is 0.572. The standard InChI is InChI=1S/C15H24ClNO2S/c1-4-9-20(18,19)15-7-5-14(6-8-15)17-11-13(16)10-12(2)3/h5-8,12-13,17H,4,9-11H2,1-3H3. The van der Waals surface area contributed by atoms with Crippen molar-refractivity contribution < 1.29 is 8.42 Å². The predicted molar refractivity (Wildman–Crippen MR) is 86.4 cm³/mol. The predicted octanol–water partition coefficient (Wildman–Crippen LogP) is 3.94. The molecule has 1 aromatic carbocycles. The maximum Gasteiger partial charge on any atom is 0.178 e. The molecule has 0 spiro atoms. The van der Waals surface area contributed by atoms with E-state index >= 15 is 0 Å². The van der Waals surface area contributed by atoms with E-state index in [-0.39, 0.29) is 11.1 Å². The van der Waals surface area contributed by atoms with Gasteiger partial charge in [0.25, 0.3) is 0 Å². The van der Waals surface area contributed by atoms with Gasteiger partial charge < -0.3 is 5.32 Å². The van der Waals surface area contributed by atoms with Crippen LogP contribution in [0.2, 0.25) is 0 Å². The van der Waals surface area contributed by atoms with Gasteiger partial charge in [0, 0.05) is 12.2 Å². The molecule has 0 heterocycles. The van der Waals surface area contributed by atoms with E-state index in [2.05, 4.69) is 19.2 Å². The summed E-state index contributed by atoms with van der Waals surface area (Å²) < 4.78 is 23.8. The number of sulfone groups is 1. The van der Waals surface area contributed by atoms with Gasteiger partial charge >= 0.3 is 0 Å². The van der Waals surface area contributed by atoms with E-state index < -0.39 is 9.84 Å². The lowest BCUT2D eigenvalue weighted by Gasteiger charge is -2.14. The van der Waals surface area contributed by atoms with Gasteiger partial charge in [-0.1, -0.05) is 20.8 Å². The first-order valence-electron chi connectivity index (χ1n) is 7.06. The van der Waals surface area contributed by atoms with E-state index in [0.29, 0.717) is 23.8 Å². The minimum absolute atomic E-state index is 0.0819. The number of alkyl halides is 1. The molecule has 20 heavy (non-hydrogen) atoms. The molecule has 1 unspecified atom stereocenters. The van der Waals surface area contributed by atoms with Gasteiger partial charge in [-0.05, 0) is 43.0 Å².